The smallest absolute Gasteiger partial charge is 0.339 e. The van der Waals surface area contributed by atoms with E-state index in [1.165, 1.54) is 24.2 Å². The molecule has 0 amide bonds. The summed E-state index contributed by atoms with van der Waals surface area (Å²) >= 11 is 1.44. The predicted octanol–water partition coefficient (Wildman–Crippen LogP) is 3.01. The van der Waals surface area contributed by atoms with Crippen molar-refractivity contribution < 1.29 is 14.6 Å². The highest BCUT2D eigenvalue weighted by atomic mass is 32.1. The quantitative estimate of drug-likeness (QED) is 0.858. The lowest BCUT2D eigenvalue weighted by Gasteiger charge is -2.16. The first-order valence-electron chi connectivity index (χ1n) is 6.57. The van der Waals surface area contributed by atoms with Crippen LogP contribution in [0.3, 0.4) is 0 Å². The largest absolute Gasteiger partial charge is 0.496 e. The second kappa shape index (κ2) is 6.69. The van der Waals surface area contributed by atoms with Crippen LogP contribution in [0.1, 0.15) is 40.1 Å². The van der Waals surface area contributed by atoms with Crippen molar-refractivity contribution in [2.75, 3.05) is 7.11 Å². The van der Waals surface area contributed by atoms with Crippen LogP contribution < -0.4 is 10.1 Å². The van der Waals surface area contributed by atoms with E-state index in [1.807, 2.05) is 25.3 Å². The molecule has 0 saturated carbocycles. The lowest BCUT2D eigenvalue weighted by Crippen LogP contribution is -2.18. The number of nitrogens with one attached hydrogen (secondary N) is 1. The van der Waals surface area contributed by atoms with Gasteiger partial charge >= 0.3 is 5.97 Å². The molecule has 1 heterocycles. The van der Waals surface area contributed by atoms with Gasteiger partial charge in [-0.1, -0.05) is 6.07 Å². The zero-order chi connectivity index (χ0) is 15.4. The molecule has 112 valence electrons. The summed E-state index contributed by atoms with van der Waals surface area (Å²) in [6, 6.07) is 5.25. The molecular formula is C15H18N2O3S. The molecule has 0 aliphatic heterocycles. The summed E-state index contributed by atoms with van der Waals surface area (Å²) in [5.41, 5.74) is 3.28. The Morgan fingerprint density at radius 3 is 2.86 bits per heavy atom. The molecule has 5 nitrogen and oxygen atoms in total. The number of rotatable bonds is 6. The molecule has 0 bridgehead atoms. The Kier molecular flexibility index (Phi) is 4.93. The third-order valence-corrected chi connectivity index (χ3v) is 4.17. The molecule has 2 aromatic rings. The summed E-state index contributed by atoms with van der Waals surface area (Å²) < 4.78 is 9.30. The van der Waals surface area contributed by atoms with Crippen molar-refractivity contribution in [2.45, 2.75) is 26.4 Å². The average molecular weight is 306 g/mol. The van der Waals surface area contributed by atoms with E-state index in [4.69, 9.17) is 4.74 Å². The zero-order valence-corrected chi connectivity index (χ0v) is 13.0. The molecule has 2 rings (SSSR count). The number of ether oxygens (including phenoxy) is 1. The van der Waals surface area contributed by atoms with Crippen LogP contribution in [0.25, 0.3) is 0 Å². The molecule has 1 atom stereocenters. The summed E-state index contributed by atoms with van der Waals surface area (Å²) in [6.45, 7) is 4.69. The Morgan fingerprint density at radius 2 is 2.29 bits per heavy atom. The van der Waals surface area contributed by atoms with Gasteiger partial charge in [-0.25, -0.2) is 4.79 Å². The van der Waals surface area contributed by atoms with E-state index in [-0.39, 0.29) is 11.6 Å². The predicted molar refractivity (Wildman–Crippen MR) is 82.1 cm³/mol. The van der Waals surface area contributed by atoms with Gasteiger partial charge in [-0.2, -0.15) is 4.37 Å². The van der Waals surface area contributed by atoms with Crippen LogP contribution in [0.15, 0.2) is 23.6 Å². The van der Waals surface area contributed by atoms with Crippen molar-refractivity contribution in [2.24, 2.45) is 0 Å². The van der Waals surface area contributed by atoms with Crippen LogP contribution >= 0.6 is 11.5 Å². The highest BCUT2D eigenvalue weighted by Crippen LogP contribution is 2.23. The molecule has 0 aliphatic rings. The van der Waals surface area contributed by atoms with E-state index < -0.39 is 5.97 Å². The number of nitrogens with zero attached hydrogens (tertiary/aromatic N) is 1. The fourth-order valence-corrected chi connectivity index (χ4v) is 2.73. The van der Waals surface area contributed by atoms with Gasteiger partial charge in [-0.05, 0) is 48.6 Å². The molecule has 0 unspecified atom stereocenters. The molecule has 0 radical (unpaired) electrons. The number of aryl methyl sites for hydroxylation is 1. The van der Waals surface area contributed by atoms with Crippen LogP contribution in [-0.2, 0) is 6.54 Å². The van der Waals surface area contributed by atoms with E-state index in [9.17, 15) is 9.90 Å². The minimum Gasteiger partial charge on any atom is -0.496 e. The van der Waals surface area contributed by atoms with Gasteiger partial charge in [-0.3, -0.25) is 0 Å². The van der Waals surface area contributed by atoms with Gasteiger partial charge in [0, 0.05) is 18.0 Å². The van der Waals surface area contributed by atoms with Crippen LogP contribution in [0.2, 0.25) is 0 Å². The second-order valence-electron chi connectivity index (χ2n) is 4.79. The number of methoxy groups -OCH3 is 1. The second-order valence-corrected chi connectivity index (χ2v) is 5.42. The Morgan fingerprint density at radius 1 is 1.52 bits per heavy atom. The highest BCUT2D eigenvalue weighted by molar-refractivity contribution is 7.03. The zero-order valence-electron chi connectivity index (χ0n) is 12.2. The summed E-state index contributed by atoms with van der Waals surface area (Å²) in [6.07, 6.45) is 0. The molecule has 0 aliphatic carbocycles. The van der Waals surface area contributed by atoms with Gasteiger partial charge in [0.1, 0.15) is 11.3 Å². The molecule has 0 spiro atoms. The van der Waals surface area contributed by atoms with Crippen molar-refractivity contribution in [3.63, 3.8) is 0 Å². The average Bonchev–Trinajstić information content (AvgIpc) is 2.89. The van der Waals surface area contributed by atoms with Crippen molar-refractivity contribution >= 4 is 17.5 Å². The standard InChI is InChI=1S/C15H18N2O3S/c1-9(16-7-12-8-21-17-10(12)2)11-4-5-14(20-3)13(6-11)15(18)19/h4-6,8-9,16H,7H2,1-3H3,(H,18,19)/t9-/m0/s1. The summed E-state index contributed by atoms with van der Waals surface area (Å²) in [7, 11) is 1.47. The van der Waals surface area contributed by atoms with Crippen LogP contribution in [0.5, 0.6) is 5.75 Å². The van der Waals surface area contributed by atoms with E-state index in [0.717, 1.165) is 11.3 Å². The number of carbonyl (C=O) groups is 1. The monoisotopic (exact) mass is 306 g/mol. The van der Waals surface area contributed by atoms with Gasteiger partial charge in [0.15, 0.2) is 0 Å². The van der Waals surface area contributed by atoms with E-state index in [2.05, 4.69) is 9.69 Å². The first-order valence-corrected chi connectivity index (χ1v) is 7.41. The van der Waals surface area contributed by atoms with Gasteiger partial charge in [0.25, 0.3) is 0 Å². The Labute approximate surface area is 127 Å². The number of benzene rings is 1. The van der Waals surface area contributed by atoms with Gasteiger partial charge in [0.2, 0.25) is 0 Å². The van der Waals surface area contributed by atoms with Crippen molar-refractivity contribution in [3.8, 4) is 5.75 Å². The maximum Gasteiger partial charge on any atom is 0.339 e. The SMILES string of the molecule is COc1ccc([C@H](C)NCc2csnc2C)cc1C(=O)O. The molecule has 2 N–H and O–H groups in total. The summed E-state index contributed by atoms with van der Waals surface area (Å²) in [4.78, 5) is 11.2. The molecule has 21 heavy (non-hydrogen) atoms. The number of carboxylic acids is 1. The van der Waals surface area contributed by atoms with Crippen LogP contribution in [-0.4, -0.2) is 22.6 Å². The van der Waals surface area contributed by atoms with E-state index in [1.54, 1.807) is 12.1 Å². The lowest BCUT2D eigenvalue weighted by atomic mass is 10.0. The van der Waals surface area contributed by atoms with Crippen molar-refractivity contribution in [3.05, 3.63) is 46.0 Å². The highest BCUT2D eigenvalue weighted by Gasteiger charge is 2.14. The van der Waals surface area contributed by atoms with E-state index >= 15 is 0 Å². The number of aromatic nitrogens is 1. The summed E-state index contributed by atoms with van der Waals surface area (Å²) in [5, 5.41) is 14.6. The third-order valence-electron chi connectivity index (χ3n) is 3.40. The topological polar surface area (TPSA) is 71.5 Å². The fourth-order valence-electron chi connectivity index (χ4n) is 2.03. The van der Waals surface area contributed by atoms with Gasteiger partial charge in [0.05, 0.1) is 12.8 Å². The first kappa shape index (κ1) is 15.5. The number of hydrogen-bond acceptors (Lipinski definition) is 5. The molecule has 6 heteroatoms. The van der Waals surface area contributed by atoms with Gasteiger partial charge in [-0.15, -0.1) is 0 Å². The van der Waals surface area contributed by atoms with E-state index in [0.29, 0.717) is 12.3 Å². The Bertz CT molecular complexity index is 640. The summed E-state index contributed by atoms with van der Waals surface area (Å²) in [5.74, 6) is -0.616. The van der Waals surface area contributed by atoms with Crippen LogP contribution in [0.4, 0.5) is 0 Å². The number of hydrogen-bond donors (Lipinski definition) is 2. The number of carboxylic acid groups (broad SMARTS) is 1. The molecule has 1 aromatic heterocycles. The molecule has 0 saturated heterocycles. The molecule has 1 aromatic carbocycles. The maximum atomic E-state index is 11.2. The molecule has 0 fully saturated rings. The molecular weight excluding hydrogens is 288 g/mol. The lowest BCUT2D eigenvalue weighted by molar-refractivity contribution is 0.0693. The minimum atomic E-state index is -0.987. The Hall–Kier alpha value is -1.92. The van der Waals surface area contributed by atoms with Gasteiger partial charge < -0.3 is 15.2 Å². The fraction of sp³-hybridized carbons (Fsp3) is 0.333. The third kappa shape index (κ3) is 3.59. The van der Waals surface area contributed by atoms with Crippen LogP contribution in [0, 0.1) is 6.92 Å². The van der Waals surface area contributed by atoms with Crippen molar-refractivity contribution in [1.82, 2.24) is 9.69 Å². The first-order chi connectivity index (χ1) is 10.0. The minimum absolute atomic E-state index is 0.0355. The maximum absolute atomic E-state index is 11.2. The Balaban J connectivity index is 2.12. The number of aromatic carboxylic acids is 1. The normalized spacial score (nSPS) is 12.1. The van der Waals surface area contributed by atoms with Crippen molar-refractivity contribution in [1.29, 1.82) is 0 Å².